The molecule has 6 nitrogen and oxygen atoms in total. The van der Waals surface area contributed by atoms with Crippen LogP contribution in [0.25, 0.3) is 0 Å². The minimum atomic E-state index is -0.565. The molecule has 0 heterocycles. The van der Waals surface area contributed by atoms with Crippen LogP contribution in [0.3, 0.4) is 0 Å². The summed E-state index contributed by atoms with van der Waals surface area (Å²) in [6.45, 7) is 1.38. The van der Waals surface area contributed by atoms with Crippen LogP contribution in [-0.2, 0) is 14.3 Å². The van der Waals surface area contributed by atoms with Gasteiger partial charge in [-0.15, -0.1) is 0 Å². The molecule has 0 bridgehead atoms. The number of hydrogen-bond acceptors (Lipinski definition) is 4. The van der Waals surface area contributed by atoms with Gasteiger partial charge >= 0.3 is 5.97 Å². The molecule has 0 spiro atoms. The summed E-state index contributed by atoms with van der Waals surface area (Å²) < 4.78 is 4.66. The second-order valence-corrected chi connectivity index (χ2v) is 6.01. The molecule has 0 radical (unpaired) electrons. The molecule has 0 fully saturated rings. The minimum Gasteiger partial charge on any atom is -0.465 e. The van der Waals surface area contributed by atoms with Gasteiger partial charge in [-0.05, 0) is 29.8 Å². The summed E-state index contributed by atoms with van der Waals surface area (Å²) in [7, 11) is 1.29. The molecule has 2 rings (SSSR count). The van der Waals surface area contributed by atoms with Crippen LogP contribution in [0, 0.1) is 0 Å². The van der Waals surface area contributed by atoms with Gasteiger partial charge in [-0.3, -0.25) is 9.59 Å². The number of hydrogen-bond donors (Lipinski definition) is 2. The summed E-state index contributed by atoms with van der Waals surface area (Å²) in [5, 5.41) is 5.91. The number of carbonyl (C=O) groups excluding carboxylic acids is 3. The number of ether oxygens (including phenoxy) is 1. The highest BCUT2D eigenvalue weighted by Crippen LogP contribution is 2.25. The lowest BCUT2D eigenvalue weighted by atomic mass is 10.0. The van der Waals surface area contributed by atoms with Gasteiger partial charge < -0.3 is 15.4 Å². The zero-order chi connectivity index (χ0) is 19.1. The lowest BCUT2D eigenvalue weighted by Gasteiger charge is -2.19. The molecule has 2 aromatic rings. The summed E-state index contributed by atoms with van der Waals surface area (Å²) in [6, 6.07) is 12.9. The highest BCUT2D eigenvalue weighted by Gasteiger charge is 2.19. The van der Waals surface area contributed by atoms with E-state index >= 15 is 0 Å². The molecule has 0 saturated heterocycles. The molecule has 0 aliphatic carbocycles. The van der Waals surface area contributed by atoms with Gasteiger partial charge in [0.2, 0.25) is 11.8 Å². The van der Waals surface area contributed by atoms with Gasteiger partial charge in [0.05, 0.1) is 25.1 Å². The lowest BCUT2D eigenvalue weighted by Crippen LogP contribution is -2.30. The summed E-state index contributed by atoms with van der Waals surface area (Å²) in [6.07, 6.45) is -0.00817. The highest BCUT2D eigenvalue weighted by atomic mass is 35.5. The van der Waals surface area contributed by atoms with Gasteiger partial charge in [0.15, 0.2) is 0 Å². The molecule has 1 atom stereocenters. The zero-order valence-corrected chi connectivity index (χ0v) is 15.2. The van der Waals surface area contributed by atoms with Crippen molar-refractivity contribution in [2.24, 2.45) is 0 Å². The Morgan fingerprint density at radius 2 is 1.85 bits per heavy atom. The Morgan fingerprint density at radius 3 is 2.50 bits per heavy atom. The first-order valence-electron chi connectivity index (χ1n) is 7.90. The third-order valence-electron chi connectivity index (χ3n) is 3.62. The van der Waals surface area contributed by atoms with Crippen LogP contribution in [-0.4, -0.2) is 24.9 Å². The van der Waals surface area contributed by atoms with Gasteiger partial charge in [0.25, 0.3) is 0 Å². The number of esters is 1. The quantitative estimate of drug-likeness (QED) is 0.759. The number of amides is 2. The van der Waals surface area contributed by atoms with E-state index in [0.29, 0.717) is 21.8 Å². The first-order chi connectivity index (χ1) is 12.4. The highest BCUT2D eigenvalue weighted by molar-refractivity contribution is 6.31. The van der Waals surface area contributed by atoms with Crippen LogP contribution in [0.4, 0.5) is 5.69 Å². The average molecular weight is 375 g/mol. The first-order valence-corrected chi connectivity index (χ1v) is 8.28. The van der Waals surface area contributed by atoms with Crippen molar-refractivity contribution in [3.8, 4) is 0 Å². The van der Waals surface area contributed by atoms with Crippen LogP contribution in [0.2, 0.25) is 5.02 Å². The van der Waals surface area contributed by atoms with Gasteiger partial charge in [-0.1, -0.05) is 35.9 Å². The third-order valence-corrected chi connectivity index (χ3v) is 3.96. The monoisotopic (exact) mass is 374 g/mol. The number of rotatable bonds is 6. The molecule has 2 aromatic carbocycles. The van der Waals surface area contributed by atoms with E-state index in [0.717, 1.165) is 0 Å². The molecule has 136 valence electrons. The van der Waals surface area contributed by atoms with E-state index in [1.807, 2.05) is 0 Å². The molecule has 0 unspecified atom stereocenters. The average Bonchev–Trinajstić information content (AvgIpc) is 2.60. The van der Waals surface area contributed by atoms with Gasteiger partial charge in [-0.2, -0.15) is 0 Å². The second-order valence-electron chi connectivity index (χ2n) is 5.60. The molecular formula is C19H19ClN2O4. The Morgan fingerprint density at radius 1 is 1.12 bits per heavy atom. The number of benzene rings is 2. The van der Waals surface area contributed by atoms with Crippen LogP contribution in [0.5, 0.6) is 0 Å². The van der Waals surface area contributed by atoms with Crippen molar-refractivity contribution in [1.82, 2.24) is 5.32 Å². The Labute approximate surface area is 156 Å². The Balaban J connectivity index is 2.14. The molecule has 26 heavy (non-hydrogen) atoms. The Kier molecular flexibility index (Phi) is 6.74. The topological polar surface area (TPSA) is 84.5 Å². The molecule has 0 saturated carbocycles. The predicted molar refractivity (Wildman–Crippen MR) is 99.0 cm³/mol. The van der Waals surface area contributed by atoms with E-state index in [4.69, 9.17) is 11.6 Å². The van der Waals surface area contributed by atoms with E-state index in [2.05, 4.69) is 15.4 Å². The maximum atomic E-state index is 12.4. The van der Waals surface area contributed by atoms with E-state index in [-0.39, 0.29) is 18.2 Å². The third kappa shape index (κ3) is 5.32. The molecule has 0 aromatic heterocycles. The smallest absolute Gasteiger partial charge is 0.337 e. The van der Waals surface area contributed by atoms with Crippen LogP contribution < -0.4 is 10.6 Å². The zero-order valence-electron chi connectivity index (χ0n) is 14.4. The van der Waals surface area contributed by atoms with Crippen LogP contribution in [0.15, 0.2) is 48.5 Å². The normalized spacial score (nSPS) is 11.3. The fourth-order valence-electron chi connectivity index (χ4n) is 2.48. The van der Waals surface area contributed by atoms with Crippen molar-refractivity contribution in [1.29, 1.82) is 0 Å². The molecular weight excluding hydrogens is 356 g/mol. The molecule has 0 aliphatic rings. The second kappa shape index (κ2) is 9.01. The summed E-state index contributed by atoms with van der Waals surface area (Å²) in [5.41, 5.74) is 1.44. The van der Waals surface area contributed by atoms with E-state index in [9.17, 15) is 14.4 Å². The lowest BCUT2D eigenvalue weighted by molar-refractivity contribution is -0.120. The number of halogens is 1. The Bertz CT molecular complexity index is 823. The van der Waals surface area contributed by atoms with E-state index in [1.54, 1.807) is 42.5 Å². The Hall–Kier alpha value is -2.86. The minimum absolute atomic E-state index is 0.00817. The van der Waals surface area contributed by atoms with Gasteiger partial charge in [0, 0.05) is 17.6 Å². The van der Waals surface area contributed by atoms with Crippen molar-refractivity contribution in [2.45, 2.75) is 19.4 Å². The van der Waals surface area contributed by atoms with Crippen molar-refractivity contribution in [3.63, 3.8) is 0 Å². The number of anilines is 1. The summed E-state index contributed by atoms with van der Waals surface area (Å²) >= 11 is 6.18. The summed E-state index contributed by atoms with van der Waals surface area (Å²) in [4.78, 5) is 35.5. The van der Waals surface area contributed by atoms with Gasteiger partial charge in [-0.25, -0.2) is 4.79 Å². The first kappa shape index (κ1) is 19.5. The van der Waals surface area contributed by atoms with Crippen LogP contribution in [0.1, 0.15) is 35.3 Å². The fourth-order valence-corrected chi connectivity index (χ4v) is 2.75. The van der Waals surface area contributed by atoms with Crippen molar-refractivity contribution < 1.29 is 19.1 Å². The molecule has 0 aliphatic heterocycles. The van der Waals surface area contributed by atoms with Crippen LogP contribution >= 0.6 is 11.6 Å². The van der Waals surface area contributed by atoms with Crippen molar-refractivity contribution in [3.05, 3.63) is 64.7 Å². The van der Waals surface area contributed by atoms with Crippen molar-refractivity contribution >= 4 is 35.1 Å². The maximum absolute atomic E-state index is 12.4. The predicted octanol–water partition coefficient (Wildman–Crippen LogP) is 3.33. The largest absolute Gasteiger partial charge is 0.465 e. The SMILES string of the molecule is COC(=O)c1cccc(NC(=O)C[C@@H](NC(C)=O)c2ccccc2Cl)c1. The number of nitrogens with one attached hydrogen (secondary N) is 2. The van der Waals surface area contributed by atoms with Gasteiger partial charge in [0.1, 0.15) is 0 Å². The molecule has 2 N–H and O–H groups in total. The van der Waals surface area contributed by atoms with E-state index in [1.165, 1.54) is 20.1 Å². The fraction of sp³-hybridized carbons (Fsp3) is 0.211. The summed E-state index contributed by atoms with van der Waals surface area (Å²) in [5.74, 6) is -1.09. The van der Waals surface area contributed by atoms with Crippen molar-refractivity contribution in [2.75, 3.05) is 12.4 Å². The standard InChI is InChI=1S/C19H19ClN2O4/c1-12(23)21-17(15-8-3-4-9-16(15)20)11-18(24)22-14-7-5-6-13(10-14)19(25)26-2/h3-10,17H,11H2,1-2H3,(H,21,23)(H,22,24)/t17-/m1/s1. The molecule has 2 amide bonds. The maximum Gasteiger partial charge on any atom is 0.337 e. The van der Waals surface area contributed by atoms with E-state index < -0.39 is 12.0 Å². The number of methoxy groups -OCH3 is 1. The number of carbonyl (C=O) groups is 3. The molecule has 7 heteroatoms.